The van der Waals surface area contributed by atoms with Gasteiger partial charge in [-0.1, -0.05) is 30.5 Å². The lowest BCUT2D eigenvalue weighted by Crippen LogP contribution is -2.38. The van der Waals surface area contributed by atoms with E-state index in [2.05, 4.69) is 21.5 Å². The molecule has 16 heavy (non-hydrogen) atoms. The quantitative estimate of drug-likeness (QED) is 0.805. The van der Waals surface area contributed by atoms with E-state index in [0.717, 1.165) is 6.54 Å². The zero-order chi connectivity index (χ0) is 11.4. The molecule has 0 amide bonds. The van der Waals surface area contributed by atoms with Gasteiger partial charge in [-0.15, -0.1) is 0 Å². The largest absolute Gasteiger partial charge is 0.258 e. The number of hydrogen-bond donors (Lipinski definition) is 1. The van der Waals surface area contributed by atoms with Crippen molar-refractivity contribution in [1.29, 1.82) is 0 Å². The van der Waals surface area contributed by atoms with E-state index in [-0.39, 0.29) is 0 Å². The molecule has 1 aliphatic rings. The molecule has 0 saturated carbocycles. The van der Waals surface area contributed by atoms with E-state index in [9.17, 15) is 0 Å². The molecule has 1 saturated heterocycles. The fourth-order valence-corrected chi connectivity index (χ4v) is 2.42. The van der Waals surface area contributed by atoms with Crippen molar-refractivity contribution in [2.75, 3.05) is 13.6 Å². The van der Waals surface area contributed by atoms with Crippen LogP contribution in [-0.2, 0) is 0 Å². The predicted octanol–water partition coefficient (Wildman–Crippen LogP) is 2.79. The fraction of sp³-hybridized carbons (Fsp3) is 0.583. The van der Waals surface area contributed by atoms with Crippen molar-refractivity contribution in [1.82, 2.24) is 15.4 Å². The van der Waals surface area contributed by atoms with E-state index in [1.807, 2.05) is 19.3 Å². The van der Waals surface area contributed by atoms with Crippen LogP contribution in [0.2, 0.25) is 5.15 Å². The van der Waals surface area contributed by atoms with Crippen molar-refractivity contribution in [3.63, 3.8) is 0 Å². The van der Waals surface area contributed by atoms with Crippen LogP contribution in [0.4, 0.5) is 0 Å². The Kier molecular flexibility index (Phi) is 4.16. The fourth-order valence-electron chi connectivity index (χ4n) is 2.31. The lowest BCUT2D eigenvalue weighted by atomic mass is 10.0. The molecule has 1 N–H and O–H groups in total. The molecule has 1 fully saturated rings. The van der Waals surface area contributed by atoms with Crippen LogP contribution in [0, 0.1) is 0 Å². The molecule has 1 aromatic heterocycles. The summed E-state index contributed by atoms with van der Waals surface area (Å²) in [5.41, 5.74) is 4.53. The van der Waals surface area contributed by atoms with Crippen LogP contribution < -0.4 is 5.43 Å². The Morgan fingerprint density at radius 3 is 2.94 bits per heavy atom. The van der Waals surface area contributed by atoms with Crippen LogP contribution in [-0.4, -0.2) is 23.6 Å². The van der Waals surface area contributed by atoms with Crippen LogP contribution >= 0.6 is 11.6 Å². The summed E-state index contributed by atoms with van der Waals surface area (Å²) in [6.45, 7) is 1.10. The number of aromatic nitrogens is 1. The summed E-state index contributed by atoms with van der Waals surface area (Å²) in [6, 6.07) is 4.38. The zero-order valence-corrected chi connectivity index (χ0v) is 10.4. The third kappa shape index (κ3) is 2.73. The van der Waals surface area contributed by atoms with Gasteiger partial charge in [0.15, 0.2) is 0 Å². The van der Waals surface area contributed by atoms with Crippen LogP contribution in [0.3, 0.4) is 0 Å². The third-order valence-electron chi connectivity index (χ3n) is 3.18. The predicted molar refractivity (Wildman–Crippen MR) is 66.2 cm³/mol. The lowest BCUT2D eigenvalue weighted by molar-refractivity contribution is 0.142. The van der Waals surface area contributed by atoms with Crippen LogP contribution in [0.25, 0.3) is 0 Å². The number of rotatable bonds is 2. The zero-order valence-electron chi connectivity index (χ0n) is 9.62. The smallest absolute Gasteiger partial charge is 0.129 e. The molecule has 0 unspecified atom stereocenters. The first-order chi connectivity index (χ1) is 7.81. The molecule has 0 aliphatic carbocycles. The average Bonchev–Trinajstić information content (AvgIpc) is 2.55. The van der Waals surface area contributed by atoms with Gasteiger partial charge in [0.05, 0.1) is 6.04 Å². The summed E-state index contributed by atoms with van der Waals surface area (Å²) in [4.78, 5) is 4.16. The molecule has 0 radical (unpaired) electrons. The Bertz CT molecular complexity index is 326. The number of hydrogen-bond acceptors (Lipinski definition) is 3. The van der Waals surface area contributed by atoms with Gasteiger partial charge >= 0.3 is 0 Å². The van der Waals surface area contributed by atoms with Crippen LogP contribution in [0.1, 0.15) is 37.3 Å². The highest BCUT2D eigenvalue weighted by Gasteiger charge is 2.21. The van der Waals surface area contributed by atoms with Crippen LogP contribution in [0.5, 0.6) is 0 Å². The van der Waals surface area contributed by atoms with E-state index in [1.54, 1.807) is 0 Å². The molecule has 1 aromatic rings. The first-order valence-corrected chi connectivity index (χ1v) is 6.24. The van der Waals surface area contributed by atoms with Crippen molar-refractivity contribution in [2.24, 2.45) is 0 Å². The second kappa shape index (κ2) is 5.62. The van der Waals surface area contributed by atoms with Gasteiger partial charge in [0, 0.05) is 12.7 Å². The van der Waals surface area contributed by atoms with Crippen molar-refractivity contribution in [2.45, 2.75) is 31.7 Å². The van der Waals surface area contributed by atoms with Gasteiger partial charge in [0.1, 0.15) is 5.15 Å². The van der Waals surface area contributed by atoms with Crippen molar-refractivity contribution < 1.29 is 0 Å². The van der Waals surface area contributed by atoms with Crippen molar-refractivity contribution in [3.8, 4) is 0 Å². The minimum absolute atomic E-state index is 0.428. The highest BCUT2D eigenvalue weighted by molar-refractivity contribution is 6.29. The number of nitrogens with one attached hydrogen (secondary N) is 1. The topological polar surface area (TPSA) is 28.2 Å². The number of hydrazine groups is 1. The van der Waals surface area contributed by atoms with E-state index in [1.165, 1.54) is 31.2 Å². The molecule has 0 bridgehead atoms. The second-order valence-electron chi connectivity index (χ2n) is 4.20. The third-order valence-corrected chi connectivity index (χ3v) is 3.40. The maximum Gasteiger partial charge on any atom is 0.129 e. The summed E-state index contributed by atoms with van der Waals surface area (Å²) in [5, 5.41) is 2.87. The molecule has 2 heterocycles. The van der Waals surface area contributed by atoms with Gasteiger partial charge in [-0.05, 0) is 31.5 Å². The molecule has 4 heteroatoms. The molecule has 88 valence electrons. The van der Waals surface area contributed by atoms with Gasteiger partial charge < -0.3 is 0 Å². The number of nitrogens with zero attached hydrogens (tertiary/aromatic N) is 2. The SMILES string of the molecule is CNN1CCCCC[C@H]1c1ccc(Cl)nc1. The summed E-state index contributed by atoms with van der Waals surface area (Å²) >= 11 is 5.81. The monoisotopic (exact) mass is 239 g/mol. The molecular weight excluding hydrogens is 222 g/mol. The van der Waals surface area contributed by atoms with E-state index in [4.69, 9.17) is 11.6 Å². The van der Waals surface area contributed by atoms with E-state index < -0.39 is 0 Å². The Labute approximate surface area is 102 Å². The summed E-state index contributed by atoms with van der Waals surface area (Å²) in [7, 11) is 1.99. The minimum Gasteiger partial charge on any atom is -0.258 e. The van der Waals surface area contributed by atoms with Gasteiger partial charge in [0.2, 0.25) is 0 Å². The molecule has 1 aliphatic heterocycles. The number of pyridine rings is 1. The van der Waals surface area contributed by atoms with Gasteiger partial charge in [-0.3, -0.25) is 5.43 Å². The molecule has 0 spiro atoms. The Balaban J connectivity index is 2.18. The number of halogens is 1. The summed E-state index contributed by atoms with van der Waals surface area (Å²) in [5.74, 6) is 0. The maximum atomic E-state index is 5.81. The molecule has 0 aromatic carbocycles. The first-order valence-electron chi connectivity index (χ1n) is 5.87. The maximum absolute atomic E-state index is 5.81. The van der Waals surface area contributed by atoms with Gasteiger partial charge in [0.25, 0.3) is 0 Å². The van der Waals surface area contributed by atoms with Crippen LogP contribution in [0.15, 0.2) is 18.3 Å². The van der Waals surface area contributed by atoms with Crippen molar-refractivity contribution >= 4 is 11.6 Å². The Hall–Kier alpha value is -0.640. The molecule has 1 atom stereocenters. The standard InChI is InChI=1S/C12H18ClN3/c1-14-16-8-4-2-3-5-11(16)10-6-7-12(13)15-9-10/h6-7,9,11,14H,2-5,8H2,1H3/t11-/m0/s1. The highest BCUT2D eigenvalue weighted by atomic mass is 35.5. The minimum atomic E-state index is 0.428. The summed E-state index contributed by atoms with van der Waals surface area (Å²) in [6.07, 6.45) is 6.94. The van der Waals surface area contributed by atoms with Gasteiger partial charge in [-0.2, -0.15) is 0 Å². The van der Waals surface area contributed by atoms with E-state index >= 15 is 0 Å². The van der Waals surface area contributed by atoms with Crippen molar-refractivity contribution in [3.05, 3.63) is 29.0 Å². The highest BCUT2D eigenvalue weighted by Crippen LogP contribution is 2.28. The first kappa shape index (κ1) is 11.8. The van der Waals surface area contributed by atoms with Gasteiger partial charge in [-0.25, -0.2) is 9.99 Å². The second-order valence-corrected chi connectivity index (χ2v) is 4.58. The normalized spacial score (nSPS) is 23.0. The Morgan fingerprint density at radius 2 is 2.25 bits per heavy atom. The Morgan fingerprint density at radius 1 is 1.38 bits per heavy atom. The molecule has 3 nitrogen and oxygen atoms in total. The lowest BCUT2D eigenvalue weighted by Gasteiger charge is -2.28. The summed E-state index contributed by atoms with van der Waals surface area (Å²) < 4.78 is 0. The average molecular weight is 240 g/mol. The van der Waals surface area contributed by atoms with E-state index in [0.29, 0.717) is 11.2 Å². The molecular formula is C12H18ClN3. The molecule has 2 rings (SSSR count).